The molecule has 186 valence electrons. The van der Waals surface area contributed by atoms with Gasteiger partial charge in [0, 0.05) is 44.6 Å². The number of allylic oxidation sites excluding steroid dienone is 1. The molecule has 0 aromatic carbocycles. The van der Waals surface area contributed by atoms with Gasteiger partial charge in [0.25, 0.3) is 0 Å². The van der Waals surface area contributed by atoms with Crippen molar-refractivity contribution in [2.45, 2.75) is 65.8 Å². The van der Waals surface area contributed by atoms with E-state index in [1.807, 2.05) is 13.8 Å². The van der Waals surface area contributed by atoms with Crippen LogP contribution in [0.4, 0.5) is 0 Å². The molecule has 0 N–H and O–H groups in total. The van der Waals surface area contributed by atoms with Crippen LogP contribution in [0.2, 0.25) is 0 Å². The van der Waals surface area contributed by atoms with Gasteiger partial charge in [0.05, 0.1) is 5.41 Å². The highest BCUT2D eigenvalue weighted by atomic mass is 16.6. The number of carbonyl (C=O) groups is 5. The summed E-state index contributed by atoms with van der Waals surface area (Å²) in [6, 6.07) is 0. The highest BCUT2D eigenvalue weighted by molar-refractivity contribution is 5.98. The van der Waals surface area contributed by atoms with E-state index in [0.29, 0.717) is 6.42 Å². The van der Waals surface area contributed by atoms with Gasteiger partial charge in [-0.1, -0.05) is 19.4 Å². The Kier molecular flexibility index (Phi) is 5.99. The average molecular weight is 477 g/mol. The molecule has 0 amide bonds. The molecular weight excluding hydrogens is 444 g/mol. The lowest BCUT2D eigenvalue weighted by atomic mass is 9.38. The van der Waals surface area contributed by atoms with Gasteiger partial charge in [0.1, 0.15) is 18.8 Å². The quantitative estimate of drug-likeness (QED) is 0.441. The average Bonchev–Trinajstić information content (AvgIpc) is 2.73. The zero-order valence-electron chi connectivity index (χ0n) is 20.4. The van der Waals surface area contributed by atoms with Crippen molar-refractivity contribution in [1.82, 2.24) is 0 Å². The summed E-state index contributed by atoms with van der Waals surface area (Å²) in [5.41, 5.74) is -1.33. The normalized spacial score (nSPS) is 43.2. The third kappa shape index (κ3) is 3.26. The fourth-order valence-electron chi connectivity index (χ4n) is 7.66. The standard InChI is InChI=1S/C25H32O9/c1-11-7-17(28)23(31-6)24(5)15(11)8-18-25(10-32-13(3)26)16(9-19(29)34-18)12(2)21(33-14(4)27)20(30)22(24)25/h7,12,15-16,18,21-23H,8-10H2,1-6H3/t12-,15+,16+,18-,21+,22-,23-,24+,25-/m1/s1. The zero-order valence-corrected chi connectivity index (χ0v) is 20.4. The Bertz CT molecular complexity index is 983. The van der Waals surface area contributed by atoms with E-state index in [-0.39, 0.29) is 30.5 Å². The second-order valence-corrected chi connectivity index (χ2v) is 10.5. The van der Waals surface area contributed by atoms with Crippen LogP contribution in [0.1, 0.15) is 47.5 Å². The Hall–Kier alpha value is -2.55. The van der Waals surface area contributed by atoms with Crippen molar-refractivity contribution >= 4 is 29.5 Å². The Labute approximate surface area is 198 Å². The Balaban J connectivity index is 1.99. The van der Waals surface area contributed by atoms with Crippen LogP contribution >= 0.6 is 0 Å². The van der Waals surface area contributed by atoms with E-state index in [1.165, 1.54) is 27.0 Å². The number of Topliss-reactive ketones (excluding diaryl/α,β-unsaturated/α-hetero) is 1. The summed E-state index contributed by atoms with van der Waals surface area (Å²) in [6.45, 7) is 7.83. The number of ketones is 2. The number of methoxy groups -OCH3 is 1. The topological polar surface area (TPSA) is 122 Å². The van der Waals surface area contributed by atoms with Gasteiger partial charge in [0.2, 0.25) is 0 Å². The molecule has 9 heteroatoms. The molecule has 1 heterocycles. The molecule has 2 saturated carbocycles. The molecule has 0 unspecified atom stereocenters. The molecule has 3 aliphatic carbocycles. The van der Waals surface area contributed by atoms with Crippen molar-refractivity contribution < 1.29 is 42.9 Å². The van der Waals surface area contributed by atoms with Gasteiger partial charge in [-0.3, -0.25) is 24.0 Å². The van der Waals surface area contributed by atoms with Crippen molar-refractivity contribution in [1.29, 1.82) is 0 Å². The summed E-state index contributed by atoms with van der Waals surface area (Å²) in [6.07, 6.45) is -0.860. The van der Waals surface area contributed by atoms with Crippen LogP contribution < -0.4 is 0 Å². The van der Waals surface area contributed by atoms with Crippen LogP contribution in [0, 0.1) is 34.5 Å². The SMILES string of the molecule is CO[C@@H]1C(=O)C=C(C)[C@@H]2C[C@H]3OC(=O)C[C@H]4[C@@H](C)[C@H](OC(C)=O)C(=O)[C@H]([C@@]12C)[C@@]34COC(C)=O. The van der Waals surface area contributed by atoms with Crippen molar-refractivity contribution in [3.63, 3.8) is 0 Å². The summed E-state index contributed by atoms with van der Waals surface area (Å²) in [4.78, 5) is 64.0. The second kappa shape index (κ2) is 8.29. The lowest BCUT2D eigenvalue weighted by Gasteiger charge is -2.67. The van der Waals surface area contributed by atoms with Crippen LogP contribution in [-0.2, 0) is 42.9 Å². The lowest BCUT2D eigenvalue weighted by molar-refractivity contribution is -0.264. The van der Waals surface area contributed by atoms with Crippen molar-refractivity contribution in [2.75, 3.05) is 13.7 Å². The van der Waals surface area contributed by atoms with E-state index in [4.69, 9.17) is 18.9 Å². The molecule has 3 fully saturated rings. The highest BCUT2D eigenvalue weighted by Gasteiger charge is 2.75. The van der Waals surface area contributed by atoms with Gasteiger partial charge in [-0.25, -0.2) is 0 Å². The van der Waals surface area contributed by atoms with E-state index in [9.17, 15) is 24.0 Å². The molecule has 0 bridgehead atoms. The molecular formula is C25H32O9. The maximum atomic E-state index is 14.3. The molecule has 0 spiro atoms. The minimum absolute atomic E-state index is 0.0123. The molecule has 1 saturated heterocycles. The van der Waals surface area contributed by atoms with Crippen molar-refractivity contribution in [3.8, 4) is 0 Å². The summed E-state index contributed by atoms with van der Waals surface area (Å²) in [7, 11) is 1.43. The summed E-state index contributed by atoms with van der Waals surface area (Å²) in [5, 5.41) is 0. The number of fused-ring (bicyclic) bond motifs is 2. The van der Waals surface area contributed by atoms with E-state index < -0.39 is 64.8 Å². The Morgan fingerprint density at radius 3 is 2.44 bits per heavy atom. The van der Waals surface area contributed by atoms with Gasteiger partial charge in [-0.05, 0) is 31.3 Å². The molecule has 9 atom stereocenters. The first-order valence-electron chi connectivity index (χ1n) is 11.7. The smallest absolute Gasteiger partial charge is 0.306 e. The number of ether oxygens (including phenoxy) is 4. The molecule has 0 radical (unpaired) electrons. The predicted molar refractivity (Wildman–Crippen MR) is 116 cm³/mol. The molecule has 1 aliphatic heterocycles. The number of hydrogen-bond acceptors (Lipinski definition) is 9. The van der Waals surface area contributed by atoms with Gasteiger partial charge in [0.15, 0.2) is 17.7 Å². The lowest BCUT2D eigenvalue weighted by Crippen LogP contribution is -2.75. The largest absolute Gasteiger partial charge is 0.465 e. The summed E-state index contributed by atoms with van der Waals surface area (Å²) >= 11 is 0. The summed E-state index contributed by atoms with van der Waals surface area (Å²) < 4.78 is 22.6. The Morgan fingerprint density at radius 1 is 1.18 bits per heavy atom. The van der Waals surface area contributed by atoms with E-state index >= 15 is 0 Å². The van der Waals surface area contributed by atoms with Crippen LogP contribution in [0.15, 0.2) is 11.6 Å². The first-order valence-corrected chi connectivity index (χ1v) is 11.7. The minimum atomic E-state index is -1.10. The fourth-order valence-corrected chi connectivity index (χ4v) is 7.66. The van der Waals surface area contributed by atoms with Gasteiger partial charge >= 0.3 is 17.9 Å². The maximum Gasteiger partial charge on any atom is 0.306 e. The van der Waals surface area contributed by atoms with Gasteiger partial charge < -0.3 is 18.9 Å². The third-order valence-corrected chi connectivity index (χ3v) is 8.78. The highest BCUT2D eigenvalue weighted by Crippen LogP contribution is 2.68. The number of carbonyl (C=O) groups excluding carboxylic acids is 5. The molecule has 0 aromatic heterocycles. The maximum absolute atomic E-state index is 14.3. The molecule has 4 rings (SSSR count). The predicted octanol–water partition coefficient (Wildman–Crippen LogP) is 1.80. The second-order valence-electron chi connectivity index (χ2n) is 10.5. The number of hydrogen-bond donors (Lipinski definition) is 0. The van der Waals surface area contributed by atoms with Crippen LogP contribution in [-0.4, -0.2) is 61.5 Å². The van der Waals surface area contributed by atoms with Crippen molar-refractivity contribution in [3.05, 3.63) is 11.6 Å². The number of esters is 3. The van der Waals surface area contributed by atoms with Crippen LogP contribution in [0.5, 0.6) is 0 Å². The van der Waals surface area contributed by atoms with Gasteiger partial charge in [-0.15, -0.1) is 0 Å². The van der Waals surface area contributed by atoms with E-state index in [1.54, 1.807) is 6.92 Å². The minimum Gasteiger partial charge on any atom is -0.465 e. The van der Waals surface area contributed by atoms with E-state index in [0.717, 1.165) is 5.57 Å². The Morgan fingerprint density at radius 2 is 1.85 bits per heavy atom. The molecule has 34 heavy (non-hydrogen) atoms. The molecule has 9 nitrogen and oxygen atoms in total. The monoisotopic (exact) mass is 476 g/mol. The van der Waals surface area contributed by atoms with E-state index in [2.05, 4.69) is 0 Å². The zero-order chi connectivity index (χ0) is 25.2. The first-order chi connectivity index (χ1) is 15.9. The summed E-state index contributed by atoms with van der Waals surface area (Å²) in [5.74, 6) is -4.36. The van der Waals surface area contributed by atoms with Crippen molar-refractivity contribution in [2.24, 2.45) is 34.5 Å². The molecule has 4 aliphatic rings. The van der Waals surface area contributed by atoms with Crippen LogP contribution in [0.3, 0.4) is 0 Å². The number of rotatable bonds is 4. The fraction of sp³-hybridized carbons (Fsp3) is 0.720. The van der Waals surface area contributed by atoms with Crippen LogP contribution in [0.25, 0.3) is 0 Å². The third-order valence-electron chi connectivity index (χ3n) is 8.78. The first kappa shape index (κ1) is 24.6. The molecule has 0 aromatic rings. The van der Waals surface area contributed by atoms with Gasteiger partial charge in [-0.2, -0.15) is 0 Å².